The molecule has 2 aromatic heterocycles. The van der Waals surface area contributed by atoms with Crippen molar-refractivity contribution in [2.24, 2.45) is 0 Å². The van der Waals surface area contributed by atoms with E-state index in [2.05, 4.69) is 10.3 Å². The summed E-state index contributed by atoms with van der Waals surface area (Å²) in [6.45, 7) is 0. The van der Waals surface area contributed by atoms with Crippen LogP contribution in [0.4, 0.5) is 6.01 Å². The second kappa shape index (κ2) is 5.37. The lowest BCUT2D eigenvalue weighted by Gasteiger charge is -1.83. The first kappa shape index (κ1) is 8.80. The summed E-state index contributed by atoms with van der Waals surface area (Å²) in [4.78, 5) is 3.76. The molecule has 64 valence electrons. The van der Waals surface area contributed by atoms with E-state index in [1.807, 2.05) is 22.9 Å². The van der Waals surface area contributed by atoms with Crippen LogP contribution in [0.2, 0.25) is 0 Å². The molecular weight excluding hydrogens is 172 g/mol. The van der Waals surface area contributed by atoms with Crippen molar-refractivity contribution >= 4 is 17.4 Å². The van der Waals surface area contributed by atoms with Gasteiger partial charge < -0.3 is 9.73 Å². The molecule has 0 aliphatic heterocycles. The van der Waals surface area contributed by atoms with Gasteiger partial charge in [0.2, 0.25) is 0 Å². The topological polar surface area (TPSA) is 38.1 Å². The SMILES string of the molecule is CNc1ncco1.c1ccsc1. The van der Waals surface area contributed by atoms with Crippen molar-refractivity contribution in [2.75, 3.05) is 12.4 Å². The Morgan fingerprint density at radius 2 is 2.17 bits per heavy atom. The molecule has 2 rings (SSSR count). The van der Waals surface area contributed by atoms with Crippen molar-refractivity contribution in [3.63, 3.8) is 0 Å². The Morgan fingerprint density at radius 1 is 1.42 bits per heavy atom. The molecule has 0 spiro atoms. The predicted octanol–water partition coefficient (Wildman–Crippen LogP) is 2.46. The summed E-state index contributed by atoms with van der Waals surface area (Å²) in [5.41, 5.74) is 0. The maximum Gasteiger partial charge on any atom is 0.294 e. The van der Waals surface area contributed by atoms with Crippen molar-refractivity contribution in [3.8, 4) is 0 Å². The van der Waals surface area contributed by atoms with Crippen molar-refractivity contribution in [3.05, 3.63) is 35.4 Å². The average molecular weight is 182 g/mol. The summed E-state index contributed by atoms with van der Waals surface area (Å²) < 4.78 is 4.76. The quantitative estimate of drug-likeness (QED) is 0.736. The van der Waals surface area contributed by atoms with Gasteiger partial charge in [0.1, 0.15) is 6.26 Å². The van der Waals surface area contributed by atoms with E-state index >= 15 is 0 Å². The lowest BCUT2D eigenvalue weighted by Crippen LogP contribution is -1.84. The zero-order chi connectivity index (χ0) is 8.65. The third-order valence-corrected chi connectivity index (χ3v) is 1.70. The van der Waals surface area contributed by atoms with Gasteiger partial charge in [0, 0.05) is 7.05 Å². The lowest BCUT2D eigenvalue weighted by atomic mass is 10.7. The third kappa shape index (κ3) is 3.21. The number of anilines is 1. The van der Waals surface area contributed by atoms with E-state index in [0.717, 1.165) is 0 Å². The van der Waals surface area contributed by atoms with Crippen molar-refractivity contribution in [2.45, 2.75) is 0 Å². The highest BCUT2D eigenvalue weighted by Gasteiger charge is 1.84. The zero-order valence-corrected chi connectivity index (χ0v) is 7.54. The molecule has 0 bridgehead atoms. The Bertz CT molecular complexity index is 248. The van der Waals surface area contributed by atoms with Gasteiger partial charge in [0.15, 0.2) is 0 Å². The van der Waals surface area contributed by atoms with Gasteiger partial charge in [-0.25, -0.2) is 4.98 Å². The molecule has 3 nitrogen and oxygen atoms in total. The number of aromatic nitrogens is 1. The number of thiophene rings is 1. The highest BCUT2D eigenvalue weighted by Crippen LogP contribution is 1.96. The molecule has 0 fully saturated rings. The standard InChI is InChI=1S/C4H6N2O.C4H4S/c1-5-4-6-2-3-7-4;1-2-4-5-3-1/h2-3H,1H3,(H,5,6);1-4H. The lowest BCUT2D eigenvalue weighted by molar-refractivity contribution is 0.575. The number of hydrogen-bond donors (Lipinski definition) is 1. The van der Waals surface area contributed by atoms with Crippen LogP contribution >= 0.6 is 11.3 Å². The number of nitrogens with zero attached hydrogens (tertiary/aromatic N) is 1. The Kier molecular flexibility index (Phi) is 3.94. The molecule has 0 aliphatic carbocycles. The fourth-order valence-electron chi connectivity index (χ4n) is 0.574. The van der Waals surface area contributed by atoms with Gasteiger partial charge in [-0.2, -0.15) is 11.3 Å². The Morgan fingerprint density at radius 3 is 2.42 bits per heavy atom. The van der Waals surface area contributed by atoms with Crippen LogP contribution in [-0.4, -0.2) is 12.0 Å². The zero-order valence-electron chi connectivity index (χ0n) is 6.73. The first-order chi connectivity index (χ1) is 5.93. The van der Waals surface area contributed by atoms with Crippen LogP contribution in [0.15, 0.2) is 39.8 Å². The molecule has 0 amide bonds. The maximum absolute atomic E-state index is 4.76. The Balaban J connectivity index is 0.000000127. The van der Waals surface area contributed by atoms with E-state index in [1.54, 1.807) is 24.6 Å². The second-order valence-corrected chi connectivity index (χ2v) is 2.70. The summed E-state index contributed by atoms with van der Waals surface area (Å²) >= 11 is 1.71. The Labute approximate surface area is 75.1 Å². The van der Waals surface area contributed by atoms with Crippen LogP contribution < -0.4 is 5.32 Å². The van der Waals surface area contributed by atoms with Gasteiger partial charge in [-0.1, -0.05) is 12.1 Å². The second-order valence-electron chi connectivity index (χ2n) is 1.88. The van der Waals surface area contributed by atoms with E-state index < -0.39 is 0 Å². The van der Waals surface area contributed by atoms with Crippen LogP contribution in [0.3, 0.4) is 0 Å². The van der Waals surface area contributed by atoms with E-state index in [-0.39, 0.29) is 0 Å². The highest BCUT2D eigenvalue weighted by atomic mass is 32.1. The number of oxazole rings is 1. The first-order valence-corrected chi connectivity index (χ1v) is 4.42. The van der Waals surface area contributed by atoms with Crippen LogP contribution in [0.5, 0.6) is 0 Å². The molecule has 2 heterocycles. The molecule has 0 unspecified atom stereocenters. The molecule has 0 radical (unpaired) electrons. The van der Waals surface area contributed by atoms with Crippen LogP contribution in [0, 0.1) is 0 Å². The minimum atomic E-state index is 0.556. The smallest absolute Gasteiger partial charge is 0.294 e. The number of nitrogens with one attached hydrogen (secondary N) is 1. The van der Waals surface area contributed by atoms with Crippen LogP contribution in [-0.2, 0) is 0 Å². The summed E-state index contributed by atoms with van der Waals surface area (Å²) in [5.74, 6) is 0. The van der Waals surface area contributed by atoms with Gasteiger partial charge in [0.05, 0.1) is 6.20 Å². The predicted molar refractivity (Wildman–Crippen MR) is 50.4 cm³/mol. The first-order valence-electron chi connectivity index (χ1n) is 3.48. The fraction of sp³-hybridized carbons (Fsp3) is 0.125. The molecule has 12 heavy (non-hydrogen) atoms. The monoisotopic (exact) mass is 182 g/mol. The summed E-state index contributed by atoms with van der Waals surface area (Å²) in [7, 11) is 1.76. The van der Waals surface area contributed by atoms with Crippen LogP contribution in [0.1, 0.15) is 0 Å². The molecular formula is C8H10N2OS. The maximum atomic E-state index is 4.76. The largest absolute Gasteiger partial charge is 0.432 e. The summed E-state index contributed by atoms with van der Waals surface area (Å²) in [5, 5.41) is 6.81. The molecule has 1 N–H and O–H groups in total. The summed E-state index contributed by atoms with van der Waals surface area (Å²) in [6, 6.07) is 4.59. The van der Waals surface area contributed by atoms with Crippen molar-refractivity contribution < 1.29 is 4.42 Å². The van der Waals surface area contributed by atoms with Gasteiger partial charge in [0.25, 0.3) is 6.01 Å². The van der Waals surface area contributed by atoms with E-state index in [4.69, 9.17) is 4.42 Å². The molecule has 0 aromatic carbocycles. The van der Waals surface area contributed by atoms with Gasteiger partial charge in [-0.15, -0.1) is 0 Å². The number of hydrogen-bond acceptors (Lipinski definition) is 4. The fourth-order valence-corrected chi connectivity index (χ4v) is 1.03. The van der Waals surface area contributed by atoms with Gasteiger partial charge in [-0.3, -0.25) is 0 Å². The van der Waals surface area contributed by atoms with Crippen LogP contribution in [0.25, 0.3) is 0 Å². The normalized spacial score (nSPS) is 8.42. The minimum Gasteiger partial charge on any atom is -0.432 e. The minimum absolute atomic E-state index is 0.556. The molecule has 0 saturated carbocycles. The molecule has 0 atom stereocenters. The van der Waals surface area contributed by atoms with Gasteiger partial charge >= 0.3 is 0 Å². The molecule has 4 heteroatoms. The third-order valence-electron chi connectivity index (χ3n) is 1.07. The Hall–Kier alpha value is -1.29. The van der Waals surface area contributed by atoms with Crippen molar-refractivity contribution in [1.82, 2.24) is 4.98 Å². The molecule has 0 aliphatic rings. The molecule has 0 saturated heterocycles. The number of rotatable bonds is 1. The summed E-state index contributed by atoms with van der Waals surface area (Å²) in [6.07, 6.45) is 3.11. The highest BCUT2D eigenvalue weighted by molar-refractivity contribution is 7.07. The van der Waals surface area contributed by atoms with E-state index in [1.165, 1.54) is 6.26 Å². The van der Waals surface area contributed by atoms with Gasteiger partial charge in [-0.05, 0) is 10.8 Å². The molecule has 2 aromatic rings. The van der Waals surface area contributed by atoms with E-state index in [0.29, 0.717) is 6.01 Å². The van der Waals surface area contributed by atoms with Crippen molar-refractivity contribution in [1.29, 1.82) is 0 Å². The van der Waals surface area contributed by atoms with E-state index in [9.17, 15) is 0 Å². The average Bonchev–Trinajstić information content (AvgIpc) is 2.81.